The van der Waals surface area contributed by atoms with Gasteiger partial charge in [0.05, 0.1) is 23.0 Å². The van der Waals surface area contributed by atoms with Crippen molar-refractivity contribution in [3.63, 3.8) is 0 Å². The maximum Gasteiger partial charge on any atom is 0.226 e. The number of anilines is 1. The van der Waals surface area contributed by atoms with E-state index in [1.54, 1.807) is 21.6 Å². The largest absolute Gasteiger partial charge is 0.311 e. The Morgan fingerprint density at radius 1 is 1.17 bits per heavy atom. The molecule has 0 saturated heterocycles. The molecule has 1 aromatic carbocycles. The molecule has 0 unspecified atom stereocenters. The Bertz CT molecular complexity index is 1240. The van der Waals surface area contributed by atoms with E-state index in [4.69, 9.17) is 11.6 Å². The normalized spacial score (nSPS) is 11.8. The molecule has 1 amide bonds. The van der Waals surface area contributed by atoms with E-state index < -0.39 is 0 Å². The summed E-state index contributed by atoms with van der Waals surface area (Å²) in [5.74, 6) is 1.01. The summed E-state index contributed by atoms with van der Waals surface area (Å²) in [5, 5.41) is 13.3. The Labute approximate surface area is 178 Å². The van der Waals surface area contributed by atoms with Crippen molar-refractivity contribution in [2.45, 2.75) is 34.1 Å². The molecule has 3 aromatic heterocycles. The second-order valence-electron chi connectivity index (χ2n) is 8.34. The first-order valence-electron chi connectivity index (χ1n) is 9.53. The molecule has 0 bridgehead atoms. The Morgan fingerprint density at radius 3 is 2.70 bits per heavy atom. The van der Waals surface area contributed by atoms with Crippen LogP contribution in [0.5, 0.6) is 0 Å². The summed E-state index contributed by atoms with van der Waals surface area (Å²) in [6.45, 7) is 7.93. The number of hydrogen-bond acceptors (Lipinski definition) is 5. The predicted octanol–water partition coefficient (Wildman–Crippen LogP) is 4.34. The molecule has 4 rings (SSSR count). The quantitative estimate of drug-likeness (QED) is 0.527. The van der Waals surface area contributed by atoms with E-state index in [0.29, 0.717) is 34.1 Å². The molecule has 0 fully saturated rings. The van der Waals surface area contributed by atoms with Crippen LogP contribution < -0.4 is 5.32 Å². The highest BCUT2D eigenvalue weighted by Gasteiger charge is 2.20. The van der Waals surface area contributed by atoms with Crippen LogP contribution in [0.1, 0.15) is 32.9 Å². The number of carbonyl (C=O) groups is 1. The molecule has 0 radical (unpaired) electrons. The van der Waals surface area contributed by atoms with Gasteiger partial charge >= 0.3 is 0 Å². The lowest BCUT2D eigenvalue weighted by atomic mass is 9.92. The summed E-state index contributed by atoms with van der Waals surface area (Å²) in [7, 11) is 0. The SMILES string of the molecule is Cc1cc(NC(=O)CC(C)(C)C)n(-c2ncnc3c2cnn3-c2cccc(Cl)c2)n1. The summed E-state index contributed by atoms with van der Waals surface area (Å²) in [5.41, 5.74) is 2.04. The number of carbonyl (C=O) groups excluding carboxylic acids is 1. The van der Waals surface area contributed by atoms with Gasteiger partial charge in [-0.3, -0.25) is 4.79 Å². The van der Waals surface area contributed by atoms with Gasteiger partial charge in [-0.1, -0.05) is 38.4 Å². The zero-order valence-corrected chi connectivity index (χ0v) is 18.0. The van der Waals surface area contributed by atoms with E-state index in [2.05, 4.69) is 25.5 Å². The van der Waals surface area contributed by atoms with Crippen LogP contribution in [0.3, 0.4) is 0 Å². The highest BCUT2D eigenvalue weighted by molar-refractivity contribution is 6.30. The Kier molecular flexibility index (Phi) is 5.03. The van der Waals surface area contributed by atoms with Crippen molar-refractivity contribution in [3.8, 4) is 11.5 Å². The Balaban J connectivity index is 1.77. The molecule has 0 spiro atoms. The van der Waals surface area contributed by atoms with Crippen molar-refractivity contribution in [1.82, 2.24) is 29.5 Å². The fraction of sp³-hybridized carbons (Fsp3) is 0.286. The molecule has 0 aliphatic rings. The highest BCUT2D eigenvalue weighted by Crippen LogP contribution is 2.26. The van der Waals surface area contributed by atoms with E-state index in [9.17, 15) is 4.79 Å². The first kappa shape index (κ1) is 20.0. The monoisotopic (exact) mass is 423 g/mol. The van der Waals surface area contributed by atoms with Crippen molar-refractivity contribution in [1.29, 1.82) is 0 Å². The number of hydrogen-bond donors (Lipinski definition) is 1. The van der Waals surface area contributed by atoms with Gasteiger partial charge in [0.2, 0.25) is 5.91 Å². The predicted molar refractivity (Wildman–Crippen MR) is 116 cm³/mol. The van der Waals surface area contributed by atoms with Crippen LogP contribution in [0.4, 0.5) is 5.82 Å². The molecular weight excluding hydrogens is 402 g/mol. The zero-order chi connectivity index (χ0) is 21.5. The highest BCUT2D eigenvalue weighted by atomic mass is 35.5. The molecule has 154 valence electrons. The summed E-state index contributed by atoms with van der Waals surface area (Å²) < 4.78 is 3.31. The number of nitrogens with zero attached hydrogens (tertiary/aromatic N) is 6. The van der Waals surface area contributed by atoms with Crippen LogP contribution in [0, 0.1) is 12.3 Å². The number of amides is 1. The van der Waals surface area contributed by atoms with E-state index in [0.717, 1.165) is 11.4 Å². The average molecular weight is 424 g/mol. The Hall–Kier alpha value is -3.26. The number of aryl methyl sites for hydroxylation is 1. The number of rotatable bonds is 4. The number of halogens is 1. The van der Waals surface area contributed by atoms with Crippen molar-refractivity contribution in [3.05, 3.63) is 53.6 Å². The standard InChI is InChI=1S/C21H22ClN7O/c1-13-8-17(26-18(30)10-21(2,3)4)29(27-13)20-16-11-25-28(19(16)23-12-24-20)15-7-5-6-14(22)9-15/h5-9,11-12H,10H2,1-4H3,(H,26,30). The fourth-order valence-electron chi connectivity index (χ4n) is 3.22. The van der Waals surface area contributed by atoms with Crippen LogP contribution >= 0.6 is 11.6 Å². The number of fused-ring (bicyclic) bond motifs is 1. The minimum absolute atomic E-state index is 0.0800. The average Bonchev–Trinajstić information content (AvgIpc) is 3.23. The summed E-state index contributed by atoms with van der Waals surface area (Å²) >= 11 is 6.13. The van der Waals surface area contributed by atoms with Gasteiger partial charge in [0.25, 0.3) is 0 Å². The lowest BCUT2D eigenvalue weighted by molar-refractivity contribution is -0.117. The van der Waals surface area contributed by atoms with Crippen molar-refractivity contribution < 1.29 is 4.79 Å². The number of aromatic nitrogens is 6. The molecule has 4 aromatic rings. The first-order chi connectivity index (χ1) is 14.2. The van der Waals surface area contributed by atoms with Gasteiger partial charge < -0.3 is 5.32 Å². The topological polar surface area (TPSA) is 90.5 Å². The lowest BCUT2D eigenvalue weighted by Gasteiger charge is -2.17. The third-order valence-electron chi connectivity index (χ3n) is 4.39. The van der Waals surface area contributed by atoms with Gasteiger partial charge in [-0.25, -0.2) is 14.6 Å². The lowest BCUT2D eigenvalue weighted by Crippen LogP contribution is -2.21. The molecule has 0 atom stereocenters. The third kappa shape index (κ3) is 4.04. The van der Waals surface area contributed by atoms with E-state index in [-0.39, 0.29) is 11.3 Å². The second kappa shape index (κ2) is 7.53. The maximum atomic E-state index is 12.5. The minimum Gasteiger partial charge on any atom is -0.311 e. The van der Waals surface area contributed by atoms with Crippen LogP contribution in [0.2, 0.25) is 5.02 Å². The van der Waals surface area contributed by atoms with Gasteiger partial charge in [-0.15, -0.1) is 0 Å². The number of nitrogens with one attached hydrogen (secondary N) is 1. The van der Waals surface area contributed by atoms with E-state index >= 15 is 0 Å². The molecule has 9 heteroatoms. The molecule has 3 heterocycles. The van der Waals surface area contributed by atoms with Gasteiger partial charge in [-0.2, -0.15) is 14.9 Å². The van der Waals surface area contributed by atoms with Gasteiger partial charge in [0.1, 0.15) is 12.1 Å². The summed E-state index contributed by atoms with van der Waals surface area (Å²) in [6.07, 6.45) is 3.53. The van der Waals surface area contributed by atoms with Gasteiger partial charge in [0.15, 0.2) is 11.5 Å². The number of benzene rings is 1. The van der Waals surface area contributed by atoms with Gasteiger partial charge in [-0.05, 0) is 30.5 Å². The molecule has 1 N–H and O–H groups in total. The molecule has 0 aliphatic heterocycles. The molecule has 0 aliphatic carbocycles. The van der Waals surface area contributed by atoms with Crippen molar-refractivity contribution in [2.75, 3.05) is 5.32 Å². The second-order valence-corrected chi connectivity index (χ2v) is 8.78. The van der Waals surface area contributed by atoms with Crippen LogP contribution in [-0.4, -0.2) is 35.4 Å². The fourth-order valence-corrected chi connectivity index (χ4v) is 3.40. The molecular formula is C21H22ClN7O. The maximum absolute atomic E-state index is 12.5. The summed E-state index contributed by atoms with van der Waals surface area (Å²) in [4.78, 5) is 21.3. The Morgan fingerprint density at radius 2 is 1.97 bits per heavy atom. The van der Waals surface area contributed by atoms with Crippen LogP contribution in [0.15, 0.2) is 42.9 Å². The molecule has 30 heavy (non-hydrogen) atoms. The van der Waals surface area contributed by atoms with Crippen LogP contribution in [-0.2, 0) is 4.79 Å². The smallest absolute Gasteiger partial charge is 0.226 e. The van der Waals surface area contributed by atoms with E-state index in [1.807, 2.05) is 52.0 Å². The zero-order valence-electron chi connectivity index (χ0n) is 17.2. The molecule has 0 saturated carbocycles. The molecule has 8 nitrogen and oxygen atoms in total. The minimum atomic E-state index is -0.121. The van der Waals surface area contributed by atoms with Crippen molar-refractivity contribution >= 4 is 34.4 Å². The third-order valence-corrected chi connectivity index (χ3v) is 4.62. The summed E-state index contributed by atoms with van der Waals surface area (Å²) in [6, 6.07) is 9.18. The van der Waals surface area contributed by atoms with Crippen molar-refractivity contribution in [2.24, 2.45) is 5.41 Å². The van der Waals surface area contributed by atoms with Gasteiger partial charge in [0, 0.05) is 17.5 Å². The van der Waals surface area contributed by atoms with E-state index in [1.165, 1.54) is 6.33 Å². The first-order valence-corrected chi connectivity index (χ1v) is 9.91. The van der Waals surface area contributed by atoms with Crippen LogP contribution in [0.25, 0.3) is 22.5 Å².